The van der Waals surface area contributed by atoms with Crippen LogP contribution in [0.2, 0.25) is 0 Å². The summed E-state index contributed by atoms with van der Waals surface area (Å²) in [6, 6.07) is 6.87. The minimum atomic E-state index is -3.42. The van der Waals surface area contributed by atoms with Crippen LogP contribution in [-0.4, -0.2) is 39.0 Å². The predicted molar refractivity (Wildman–Crippen MR) is 80.0 cm³/mol. The molecule has 0 heterocycles. The van der Waals surface area contributed by atoms with Gasteiger partial charge in [-0.1, -0.05) is 28.1 Å². The lowest BCUT2D eigenvalue weighted by Crippen LogP contribution is -2.30. The smallest absolute Gasteiger partial charge is 0.242 e. The summed E-state index contributed by atoms with van der Waals surface area (Å²) in [7, 11) is -1.86. The van der Waals surface area contributed by atoms with E-state index in [2.05, 4.69) is 15.9 Å². The van der Waals surface area contributed by atoms with Crippen LogP contribution in [-0.2, 0) is 20.1 Å². The fourth-order valence-electron chi connectivity index (χ4n) is 1.47. The Morgan fingerprint density at radius 3 is 2.32 bits per heavy atom. The zero-order chi connectivity index (χ0) is 14.5. The highest BCUT2D eigenvalue weighted by molar-refractivity contribution is 9.08. The molecule has 0 amide bonds. The Bertz CT molecular complexity index is 485. The van der Waals surface area contributed by atoms with Crippen molar-refractivity contribution in [2.24, 2.45) is 0 Å². The van der Waals surface area contributed by atoms with Crippen LogP contribution in [0.3, 0.4) is 0 Å². The maximum Gasteiger partial charge on any atom is 0.242 e. The van der Waals surface area contributed by atoms with Gasteiger partial charge in [-0.3, -0.25) is 0 Å². The van der Waals surface area contributed by atoms with Gasteiger partial charge >= 0.3 is 0 Å². The fraction of sp³-hybridized carbons (Fsp3) is 0.538. The average molecular weight is 350 g/mol. The first-order valence-electron chi connectivity index (χ1n) is 6.10. The molecule has 19 heavy (non-hydrogen) atoms. The van der Waals surface area contributed by atoms with Gasteiger partial charge in [-0.15, -0.1) is 0 Å². The molecule has 0 atom stereocenters. The van der Waals surface area contributed by atoms with E-state index in [1.165, 1.54) is 4.31 Å². The standard InChI is InChI=1S/C13H20BrNO3S/c1-11(2)18-9-8-15(3)19(16,17)13-6-4-12(10-14)5-7-13/h4-7,11H,8-10H2,1-3H3. The number of ether oxygens (including phenoxy) is 1. The summed E-state index contributed by atoms with van der Waals surface area (Å²) in [4.78, 5) is 0.309. The summed E-state index contributed by atoms with van der Waals surface area (Å²) in [6.45, 7) is 4.59. The van der Waals surface area contributed by atoms with Gasteiger partial charge in [0.1, 0.15) is 0 Å². The van der Waals surface area contributed by atoms with Crippen molar-refractivity contribution in [3.8, 4) is 0 Å². The Morgan fingerprint density at radius 1 is 1.26 bits per heavy atom. The predicted octanol–water partition coefficient (Wildman–Crippen LogP) is 2.63. The molecule has 108 valence electrons. The maximum atomic E-state index is 12.3. The maximum absolute atomic E-state index is 12.3. The number of hydrogen-bond donors (Lipinski definition) is 0. The number of benzene rings is 1. The lowest BCUT2D eigenvalue weighted by molar-refractivity contribution is 0.0737. The molecule has 1 rings (SSSR count). The second kappa shape index (κ2) is 7.38. The lowest BCUT2D eigenvalue weighted by atomic mass is 10.2. The molecule has 0 aromatic heterocycles. The van der Waals surface area contributed by atoms with Gasteiger partial charge in [-0.05, 0) is 31.5 Å². The van der Waals surface area contributed by atoms with E-state index in [-0.39, 0.29) is 6.10 Å². The third-order valence-corrected chi connectivity index (χ3v) is 5.16. The molecule has 0 aliphatic heterocycles. The Labute approximate surface area is 123 Å². The number of nitrogens with zero attached hydrogens (tertiary/aromatic N) is 1. The molecule has 1 aromatic carbocycles. The first-order valence-corrected chi connectivity index (χ1v) is 8.67. The SMILES string of the molecule is CC(C)OCCN(C)S(=O)(=O)c1ccc(CBr)cc1. The molecule has 0 spiro atoms. The molecule has 0 bridgehead atoms. The highest BCUT2D eigenvalue weighted by Gasteiger charge is 2.20. The van der Waals surface area contributed by atoms with E-state index in [1.54, 1.807) is 31.3 Å². The number of halogens is 1. The summed E-state index contributed by atoms with van der Waals surface area (Å²) >= 11 is 3.33. The molecule has 1 aromatic rings. The molecular weight excluding hydrogens is 330 g/mol. The first kappa shape index (κ1) is 16.6. The second-order valence-corrected chi connectivity index (χ2v) is 7.13. The summed E-state index contributed by atoms with van der Waals surface area (Å²) < 4.78 is 31.2. The van der Waals surface area contributed by atoms with Gasteiger partial charge < -0.3 is 4.74 Å². The van der Waals surface area contributed by atoms with E-state index >= 15 is 0 Å². The van der Waals surface area contributed by atoms with E-state index in [1.807, 2.05) is 13.8 Å². The van der Waals surface area contributed by atoms with Crippen molar-refractivity contribution in [1.29, 1.82) is 0 Å². The fourth-order valence-corrected chi connectivity index (χ4v) is 3.00. The highest BCUT2D eigenvalue weighted by atomic mass is 79.9. The molecule has 0 unspecified atom stereocenters. The largest absolute Gasteiger partial charge is 0.377 e. The number of alkyl halides is 1. The van der Waals surface area contributed by atoms with Crippen LogP contribution < -0.4 is 0 Å². The van der Waals surface area contributed by atoms with Crippen LogP contribution in [0.1, 0.15) is 19.4 Å². The monoisotopic (exact) mass is 349 g/mol. The van der Waals surface area contributed by atoms with Crippen LogP contribution in [0.5, 0.6) is 0 Å². The van der Waals surface area contributed by atoms with Gasteiger partial charge in [-0.2, -0.15) is 4.31 Å². The van der Waals surface area contributed by atoms with Crippen LogP contribution >= 0.6 is 15.9 Å². The van der Waals surface area contributed by atoms with Gasteiger partial charge in [0.15, 0.2) is 0 Å². The first-order chi connectivity index (χ1) is 8.87. The molecule has 0 radical (unpaired) electrons. The molecule has 0 fully saturated rings. The van der Waals surface area contributed by atoms with Gasteiger partial charge in [0, 0.05) is 18.9 Å². The minimum absolute atomic E-state index is 0.106. The van der Waals surface area contributed by atoms with Gasteiger partial charge in [-0.25, -0.2) is 8.42 Å². The number of likely N-dealkylation sites (N-methyl/N-ethyl adjacent to an activating group) is 1. The summed E-state index contributed by atoms with van der Waals surface area (Å²) in [5.74, 6) is 0. The molecular formula is C13H20BrNO3S. The summed E-state index contributed by atoms with van der Waals surface area (Å²) in [6.07, 6.45) is 0.106. The van der Waals surface area contributed by atoms with Crippen molar-refractivity contribution in [3.63, 3.8) is 0 Å². The molecule has 0 aliphatic rings. The number of hydrogen-bond acceptors (Lipinski definition) is 3. The molecule has 6 heteroatoms. The third kappa shape index (κ3) is 4.87. The Morgan fingerprint density at radius 2 is 1.84 bits per heavy atom. The van der Waals surface area contributed by atoms with Crippen LogP contribution in [0.15, 0.2) is 29.2 Å². The second-order valence-electron chi connectivity index (χ2n) is 4.52. The van der Waals surface area contributed by atoms with E-state index in [9.17, 15) is 8.42 Å². The van der Waals surface area contributed by atoms with Crippen molar-refractivity contribution >= 4 is 26.0 Å². The zero-order valence-corrected chi connectivity index (χ0v) is 13.9. The topological polar surface area (TPSA) is 46.6 Å². The Hall–Kier alpha value is -0.430. The van der Waals surface area contributed by atoms with Gasteiger partial charge in [0.05, 0.1) is 17.6 Å². The van der Waals surface area contributed by atoms with Crippen LogP contribution in [0.25, 0.3) is 0 Å². The highest BCUT2D eigenvalue weighted by Crippen LogP contribution is 2.16. The molecule has 0 saturated heterocycles. The van der Waals surface area contributed by atoms with Crippen molar-refractivity contribution in [2.75, 3.05) is 20.2 Å². The molecule has 0 aliphatic carbocycles. The summed E-state index contributed by atoms with van der Waals surface area (Å²) in [5, 5.41) is 0.714. The third-order valence-electron chi connectivity index (χ3n) is 2.64. The van der Waals surface area contributed by atoms with Gasteiger partial charge in [0.2, 0.25) is 10.0 Å². The van der Waals surface area contributed by atoms with Crippen molar-refractivity contribution in [1.82, 2.24) is 4.31 Å². The lowest BCUT2D eigenvalue weighted by Gasteiger charge is -2.18. The summed E-state index contributed by atoms with van der Waals surface area (Å²) in [5.41, 5.74) is 1.05. The van der Waals surface area contributed by atoms with E-state index in [4.69, 9.17) is 4.74 Å². The van der Waals surface area contributed by atoms with Crippen LogP contribution in [0.4, 0.5) is 0 Å². The number of sulfonamides is 1. The van der Waals surface area contributed by atoms with E-state index < -0.39 is 10.0 Å². The Balaban J connectivity index is 2.72. The van der Waals surface area contributed by atoms with E-state index in [0.29, 0.717) is 23.4 Å². The zero-order valence-electron chi connectivity index (χ0n) is 11.5. The molecule has 0 saturated carbocycles. The van der Waals surface area contributed by atoms with E-state index in [0.717, 1.165) is 5.56 Å². The normalized spacial score (nSPS) is 12.3. The van der Waals surface area contributed by atoms with Crippen molar-refractivity contribution in [3.05, 3.63) is 29.8 Å². The van der Waals surface area contributed by atoms with Crippen molar-refractivity contribution < 1.29 is 13.2 Å². The molecule has 0 N–H and O–H groups in total. The van der Waals surface area contributed by atoms with Gasteiger partial charge in [0.25, 0.3) is 0 Å². The molecule has 4 nitrogen and oxygen atoms in total. The van der Waals surface area contributed by atoms with Crippen LogP contribution in [0, 0.1) is 0 Å². The Kier molecular flexibility index (Phi) is 6.46. The average Bonchev–Trinajstić information content (AvgIpc) is 2.38. The quantitative estimate of drug-likeness (QED) is 0.711. The van der Waals surface area contributed by atoms with Crippen molar-refractivity contribution in [2.45, 2.75) is 30.2 Å². The number of rotatable bonds is 7. The minimum Gasteiger partial charge on any atom is -0.377 e.